The lowest BCUT2D eigenvalue weighted by atomic mass is 9.96. The Balaban J connectivity index is 1.87. The number of pyridine rings is 1. The van der Waals surface area contributed by atoms with Crippen LogP contribution in [0.25, 0.3) is 22.2 Å². The van der Waals surface area contributed by atoms with Gasteiger partial charge in [-0.15, -0.1) is 0 Å². The number of aromatic nitrogens is 1. The van der Waals surface area contributed by atoms with Crippen LogP contribution in [0, 0.1) is 0 Å². The first-order valence-electron chi connectivity index (χ1n) is 13.1. The molecule has 0 saturated carbocycles. The Morgan fingerprint density at radius 1 is 0.842 bits per heavy atom. The molecule has 6 nitrogen and oxygen atoms in total. The molecule has 0 N–H and O–H groups in total. The predicted molar refractivity (Wildman–Crippen MR) is 151 cm³/mol. The highest BCUT2D eigenvalue weighted by molar-refractivity contribution is 6.06. The Bertz CT molecular complexity index is 1300. The number of esters is 1. The van der Waals surface area contributed by atoms with Gasteiger partial charge in [0.2, 0.25) is 0 Å². The second-order valence-corrected chi connectivity index (χ2v) is 9.17. The summed E-state index contributed by atoms with van der Waals surface area (Å²) in [7, 11) is 3.39. The normalized spacial score (nSPS) is 12.1. The monoisotopic (exact) mass is 512 g/mol. The number of nitrogens with zero attached hydrogens (tertiary/aromatic N) is 2. The average Bonchev–Trinajstić information content (AvgIpc) is 2.97. The number of carbonyl (C=O) groups is 1. The van der Waals surface area contributed by atoms with Crippen LogP contribution in [-0.4, -0.2) is 56.4 Å². The molecule has 1 aromatic heterocycles. The van der Waals surface area contributed by atoms with Gasteiger partial charge in [-0.3, -0.25) is 4.90 Å². The van der Waals surface area contributed by atoms with E-state index in [1.165, 1.54) is 0 Å². The zero-order chi connectivity index (χ0) is 26.7. The van der Waals surface area contributed by atoms with E-state index in [0.717, 1.165) is 33.3 Å². The molecule has 0 aliphatic rings. The van der Waals surface area contributed by atoms with Crippen molar-refractivity contribution in [3.05, 3.63) is 102 Å². The first kappa shape index (κ1) is 27.5. The van der Waals surface area contributed by atoms with Crippen molar-refractivity contribution in [2.24, 2.45) is 0 Å². The molecule has 0 spiro atoms. The van der Waals surface area contributed by atoms with Crippen LogP contribution in [0.15, 0.2) is 84.9 Å². The van der Waals surface area contributed by atoms with Gasteiger partial charge in [-0.25, -0.2) is 9.78 Å². The van der Waals surface area contributed by atoms with E-state index >= 15 is 0 Å². The summed E-state index contributed by atoms with van der Waals surface area (Å²) in [6.45, 7) is 5.05. The zero-order valence-corrected chi connectivity index (χ0v) is 22.4. The topological polar surface area (TPSA) is 60.9 Å². The second kappa shape index (κ2) is 13.8. The van der Waals surface area contributed by atoms with Gasteiger partial charge in [0.15, 0.2) is 0 Å². The van der Waals surface area contributed by atoms with Gasteiger partial charge in [-0.1, -0.05) is 85.8 Å². The molecule has 1 heterocycles. The van der Waals surface area contributed by atoms with Crippen molar-refractivity contribution < 1.29 is 19.0 Å². The number of rotatable bonds is 13. The molecule has 1 atom stereocenters. The third-order valence-corrected chi connectivity index (χ3v) is 6.64. The van der Waals surface area contributed by atoms with Crippen LogP contribution in [0.1, 0.15) is 40.9 Å². The van der Waals surface area contributed by atoms with Gasteiger partial charge in [0, 0.05) is 50.4 Å². The minimum absolute atomic E-state index is 0.343. The van der Waals surface area contributed by atoms with Crippen LogP contribution < -0.4 is 0 Å². The fraction of sp³-hybridized carbons (Fsp3) is 0.312. The maximum atomic E-state index is 14.1. The van der Waals surface area contributed by atoms with E-state index in [1.54, 1.807) is 14.2 Å². The van der Waals surface area contributed by atoms with Crippen molar-refractivity contribution in [1.82, 2.24) is 9.88 Å². The summed E-state index contributed by atoms with van der Waals surface area (Å²) in [5.74, 6) is -0.343. The van der Waals surface area contributed by atoms with Gasteiger partial charge >= 0.3 is 5.97 Å². The molecule has 4 aromatic rings. The minimum Gasteiger partial charge on any atom is -0.454 e. The standard InChI is InChI=1S/C32H36N2O4/c1-4-29(24-13-7-5-8-14-24)38-32(35)30-26-17-11-12-18-28(26)33-31(25-15-9-6-10-16-25)27(30)23-34(19-21-36-2)20-22-37-3/h5-18,29H,4,19-23H2,1-3H3. The summed E-state index contributed by atoms with van der Waals surface area (Å²) in [5, 5.41) is 0.786. The molecule has 0 saturated heterocycles. The summed E-state index contributed by atoms with van der Waals surface area (Å²) < 4.78 is 17.0. The maximum absolute atomic E-state index is 14.1. The van der Waals surface area contributed by atoms with E-state index < -0.39 is 0 Å². The van der Waals surface area contributed by atoms with Crippen LogP contribution in [0.4, 0.5) is 0 Å². The number of benzene rings is 3. The van der Waals surface area contributed by atoms with Crippen molar-refractivity contribution in [3.63, 3.8) is 0 Å². The molecule has 0 aliphatic heterocycles. The molecule has 0 radical (unpaired) electrons. The molecule has 0 aliphatic carbocycles. The minimum atomic E-state index is -0.346. The van der Waals surface area contributed by atoms with Crippen molar-refractivity contribution >= 4 is 16.9 Å². The molecule has 4 rings (SSSR count). The molecule has 6 heteroatoms. The fourth-order valence-electron chi connectivity index (χ4n) is 4.65. The summed E-state index contributed by atoms with van der Waals surface area (Å²) in [6.07, 6.45) is 0.328. The Morgan fingerprint density at radius 2 is 1.45 bits per heavy atom. The van der Waals surface area contributed by atoms with Gasteiger partial charge in [-0.2, -0.15) is 0 Å². The second-order valence-electron chi connectivity index (χ2n) is 9.17. The van der Waals surface area contributed by atoms with Crippen molar-refractivity contribution in [1.29, 1.82) is 0 Å². The Morgan fingerprint density at radius 3 is 2.08 bits per heavy atom. The molecule has 0 fully saturated rings. The number of hydrogen-bond acceptors (Lipinski definition) is 6. The van der Waals surface area contributed by atoms with E-state index in [9.17, 15) is 4.79 Å². The van der Waals surface area contributed by atoms with Crippen molar-refractivity contribution in [2.45, 2.75) is 26.0 Å². The number of carbonyl (C=O) groups excluding carboxylic acids is 1. The number of ether oxygens (including phenoxy) is 3. The lowest BCUT2D eigenvalue weighted by Crippen LogP contribution is -2.31. The van der Waals surface area contributed by atoms with E-state index in [0.29, 0.717) is 44.8 Å². The third-order valence-electron chi connectivity index (χ3n) is 6.64. The zero-order valence-electron chi connectivity index (χ0n) is 22.4. The molecule has 0 amide bonds. The number of hydrogen-bond donors (Lipinski definition) is 0. The highest BCUT2D eigenvalue weighted by Gasteiger charge is 2.26. The quantitative estimate of drug-likeness (QED) is 0.196. The first-order valence-corrected chi connectivity index (χ1v) is 13.1. The Labute approximate surface area is 225 Å². The molecule has 0 bridgehead atoms. The Kier molecular flexibility index (Phi) is 9.98. The molecular formula is C32H36N2O4. The van der Waals surface area contributed by atoms with Crippen LogP contribution >= 0.6 is 0 Å². The molecule has 3 aromatic carbocycles. The SMILES string of the molecule is CCC(OC(=O)c1c(CN(CCOC)CCOC)c(-c2ccccc2)nc2ccccc12)c1ccccc1. The van der Waals surface area contributed by atoms with Crippen LogP contribution in [0.5, 0.6) is 0 Å². The summed E-state index contributed by atoms with van der Waals surface area (Å²) >= 11 is 0. The summed E-state index contributed by atoms with van der Waals surface area (Å²) in [6, 6.07) is 27.7. The third kappa shape index (κ3) is 6.64. The lowest BCUT2D eigenvalue weighted by molar-refractivity contribution is 0.0287. The molecule has 198 valence electrons. The highest BCUT2D eigenvalue weighted by atomic mass is 16.5. The predicted octanol–water partition coefficient (Wildman–Crippen LogP) is 6.30. The van der Waals surface area contributed by atoms with Gasteiger partial charge in [-0.05, 0) is 18.1 Å². The van der Waals surface area contributed by atoms with E-state index in [1.807, 2.05) is 91.9 Å². The van der Waals surface area contributed by atoms with Crippen molar-refractivity contribution in [2.75, 3.05) is 40.5 Å². The number of para-hydroxylation sites is 1. The van der Waals surface area contributed by atoms with E-state index in [2.05, 4.69) is 4.90 Å². The van der Waals surface area contributed by atoms with Gasteiger partial charge in [0.25, 0.3) is 0 Å². The summed E-state index contributed by atoms with van der Waals surface area (Å²) in [5.41, 5.74) is 4.88. The highest BCUT2D eigenvalue weighted by Crippen LogP contribution is 2.33. The number of fused-ring (bicyclic) bond motifs is 1. The largest absolute Gasteiger partial charge is 0.454 e. The average molecular weight is 513 g/mol. The van der Waals surface area contributed by atoms with Crippen LogP contribution in [-0.2, 0) is 20.8 Å². The fourth-order valence-corrected chi connectivity index (χ4v) is 4.65. The maximum Gasteiger partial charge on any atom is 0.339 e. The van der Waals surface area contributed by atoms with Crippen LogP contribution in [0.2, 0.25) is 0 Å². The molecule has 1 unspecified atom stereocenters. The van der Waals surface area contributed by atoms with E-state index in [4.69, 9.17) is 19.2 Å². The molecule has 38 heavy (non-hydrogen) atoms. The number of methoxy groups -OCH3 is 2. The molecular weight excluding hydrogens is 476 g/mol. The van der Waals surface area contributed by atoms with Gasteiger partial charge in [0.1, 0.15) is 6.10 Å². The summed E-state index contributed by atoms with van der Waals surface area (Å²) in [4.78, 5) is 21.4. The van der Waals surface area contributed by atoms with Crippen molar-refractivity contribution in [3.8, 4) is 11.3 Å². The van der Waals surface area contributed by atoms with Crippen LogP contribution in [0.3, 0.4) is 0 Å². The first-order chi connectivity index (χ1) is 18.7. The lowest BCUT2D eigenvalue weighted by Gasteiger charge is -2.26. The van der Waals surface area contributed by atoms with E-state index in [-0.39, 0.29) is 12.1 Å². The van der Waals surface area contributed by atoms with Gasteiger partial charge in [0.05, 0.1) is 30.0 Å². The van der Waals surface area contributed by atoms with Gasteiger partial charge < -0.3 is 14.2 Å². The Hall–Kier alpha value is -3.58. The smallest absolute Gasteiger partial charge is 0.339 e.